The van der Waals surface area contributed by atoms with Crippen LogP contribution in [0.3, 0.4) is 0 Å². The molecule has 1 atom stereocenters. The molecule has 6 nitrogen and oxygen atoms in total. The van der Waals surface area contributed by atoms with Crippen LogP contribution in [-0.4, -0.2) is 38.0 Å². The highest BCUT2D eigenvalue weighted by molar-refractivity contribution is 5.76. The SMILES string of the molecule is Cc1nc2cc([C@H]3CCCCN3Cc3ccccc3F)nn2c(C)c1CCC(=O)NC1CC1. The lowest BCUT2D eigenvalue weighted by Crippen LogP contribution is -2.33. The molecule has 33 heavy (non-hydrogen) atoms. The van der Waals surface area contributed by atoms with Crippen molar-refractivity contribution in [2.24, 2.45) is 0 Å². The first-order valence-corrected chi connectivity index (χ1v) is 12.1. The van der Waals surface area contributed by atoms with Crippen LogP contribution in [0, 0.1) is 19.7 Å². The van der Waals surface area contributed by atoms with Crippen molar-refractivity contribution in [2.75, 3.05) is 6.54 Å². The fraction of sp³-hybridized carbons (Fsp3) is 0.500. The van der Waals surface area contributed by atoms with E-state index in [-0.39, 0.29) is 17.8 Å². The minimum Gasteiger partial charge on any atom is -0.353 e. The Morgan fingerprint density at radius 1 is 1.18 bits per heavy atom. The molecule has 1 aliphatic heterocycles. The number of hydrogen-bond acceptors (Lipinski definition) is 4. The number of halogens is 1. The second-order valence-corrected chi connectivity index (χ2v) is 9.52. The van der Waals surface area contributed by atoms with Crippen molar-refractivity contribution in [3.05, 3.63) is 64.4 Å². The summed E-state index contributed by atoms with van der Waals surface area (Å²) in [7, 11) is 0. The Labute approximate surface area is 194 Å². The van der Waals surface area contributed by atoms with Crippen molar-refractivity contribution in [1.82, 2.24) is 24.8 Å². The van der Waals surface area contributed by atoms with E-state index in [1.807, 2.05) is 23.6 Å². The monoisotopic (exact) mass is 449 g/mol. The van der Waals surface area contributed by atoms with Gasteiger partial charge in [-0.05, 0) is 64.1 Å². The second kappa shape index (κ2) is 9.21. The quantitative estimate of drug-likeness (QED) is 0.580. The lowest BCUT2D eigenvalue weighted by Gasteiger charge is -2.34. The summed E-state index contributed by atoms with van der Waals surface area (Å²) in [6.45, 7) is 5.58. The molecule has 0 bridgehead atoms. The zero-order valence-electron chi connectivity index (χ0n) is 19.5. The summed E-state index contributed by atoms with van der Waals surface area (Å²) in [5.74, 6) is -0.0381. The zero-order chi connectivity index (χ0) is 22.9. The van der Waals surface area contributed by atoms with Gasteiger partial charge in [0.25, 0.3) is 0 Å². The Bertz CT molecular complexity index is 1170. The minimum absolute atomic E-state index is 0.114. The van der Waals surface area contributed by atoms with Gasteiger partial charge in [-0.2, -0.15) is 5.10 Å². The number of nitrogens with one attached hydrogen (secondary N) is 1. The van der Waals surface area contributed by atoms with Crippen LogP contribution in [0.15, 0.2) is 30.3 Å². The van der Waals surface area contributed by atoms with Crippen LogP contribution >= 0.6 is 0 Å². The number of aryl methyl sites for hydroxylation is 2. The van der Waals surface area contributed by atoms with Gasteiger partial charge in [-0.15, -0.1) is 0 Å². The fourth-order valence-corrected chi connectivity index (χ4v) is 5.00. The van der Waals surface area contributed by atoms with E-state index in [9.17, 15) is 9.18 Å². The third-order valence-corrected chi connectivity index (χ3v) is 7.01. The first-order valence-electron chi connectivity index (χ1n) is 12.1. The highest BCUT2D eigenvalue weighted by atomic mass is 19.1. The van der Waals surface area contributed by atoms with E-state index in [1.165, 1.54) is 6.07 Å². The number of likely N-dealkylation sites (tertiary alicyclic amines) is 1. The molecule has 2 aliphatic rings. The topological polar surface area (TPSA) is 62.5 Å². The summed E-state index contributed by atoms with van der Waals surface area (Å²) in [5, 5.41) is 8.02. The van der Waals surface area contributed by atoms with E-state index in [0.29, 0.717) is 25.4 Å². The number of piperidine rings is 1. The normalized spacial score (nSPS) is 19.2. The minimum atomic E-state index is -0.152. The van der Waals surface area contributed by atoms with Crippen LogP contribution in [0.1, 0.15) is 72.8 Å². The third-order valence-electron chi connectivity index (χ3n) is 7.01. The molecule has 2 aromatic heterocycles. The van der Waals surface area contributed by atoms with Crippen LogP contribution in [0.25, 0.3) is 5.65 Å². The van der Waals surface area contributed by atoms with Gasteiger partial charge in [0.15, 0.2) is 5.65 Å². The Morgan fingerprint density at radius 3 is 2.79 bits per heavy atom. The highest BCUT2D eigenvalue weighted by Crippen LogP contribution is 2.33. The van der Waals surface area contributed by atoms with Crippen LogP contribution in [0.5, 0.6) is 0 Å². The molecule has 1 amide bonds. The van der Waals surface area contributed by atoms with Gasteiger partial charge in [0.05, 0.1) is 11.7 Å². The maximum Gasteiger partial charge on any atom is 0.220 e. The molecule has 5 rings (SSSR count). The highest BCUT2D eigenvalue weighted by Gasteiger charge is 2.28. The van der Waals surface area contributed by atoms with Gasteiger partial charge in [-0.3, -0.25) is 9.69 Å². The number of hydrogen-bond donors (Lipinski definition) is 1. The molecule has 1 aliphatic carbocycles. The van der Waals surface area contributed by atoms with Crippen molar-refractivity contribution >= 4 is 11.6 Å². The van der Waals surface area contributed by atoms with Crippen molar-refractivity contribution in [3.8, 4) is 0 Å². The van der Waals surface area contributed by atoms with Gasteiger partial charge in [0, 0.05) is 42.0 Å². The first kappa shape index (κ1) is 22.0. The summed E-state index contributed by atoms with van der Waals surface area (Å²) >= 11 is 0. The Balaban J connectivity index is 1.38. The Morgan fingerprint density at radius 2 is 2.00 bits per heavy atom. The standard InChI is InChI=1S/C26H32FN5O/c1-17-21(12-13-26(33)29-20-10-11-20)18(2)32-25(28-17)15-23(30-32)24-9-5-6-14-31(24)16-19-7-3-4-8-22(19)27/h3-4,7-8,15,20,24H,5-6,9-14,16H2,1-2H3,(H,29,33)/t24-/m1/s1. The lowest BCUT2D eigenvalue weighted by molar-refractivity contribution is -0.121. The first-order chi connectivity index (χ1) is 16.0. The predicted octanol–water partition coefficient (Wildman–Crippen LogP) is 4.42. The smallest absolute Gasteiger partial charge is 0.220 e. The van der Waals surface area contributed by atoms with Gasteiger partial charge < -0.3 is 5.32 Å². The number of carbonyl (C=O) groups excluding carboxylic acids is 1. The van der Waals surface area contributed by atoms with E-state index in [1.54, 1.807) is 6.07 Å². The van der Waals surface area contributed by atoms with E-state index < -0.39 is 0 Å². The Kier molecular flexibility index (Phi) is 6.15. The molecular weight excluding hydrogens is 417 g/mol. The van der Waals surface area contributed by atoms with E-state index >= 15 is 0 Å². The molecule has 7 heteroatoms. The van der Waals surface area contributed by atoms with Crippen LogP contribution < -0.4 is 5.32 Å². The van der Waals surface area contributed by atoms with Gasteiger partial charge in [-0.1, -0.05) is 24.6 Å². The molecule has 1 saturated heterocycles. The number of benzene rings is 1. The van der Waals surface area contributed by atoms with Gasteiger partial charge >= 0.3 is 0 Å². The van der Waals surface area contributed by atoms with Gasteiger partial charge in [-0.25, -0.2) is 13.9 Å². The maximum absolute atomic E-state index is 14.3. The summed E-state index contributed by atoms with van der Waals surface area (Å²) in [6, 6.07) is 9.63. The molecule has 0 spiro atoms. The molecule has 1 aromatic carbocycles. The van der Waals surface area contributed by atoms with Crippen molar-refractivity contribution < 1.29 is 9.18 Å². The number of nitrogens with zero attached hydrogens (tertiary/aromatic N) is 4. The fourth-order valence-electron chi connectivity index (χ4n) is 5.00. The molecule has 3 heterocycles. The largest absolute Gasteiger partial charge is 0.353 e. The Hall–Kier alpha value is -2.80. The summed E-state index contributed by atoms with van der Waals surface area (Å²) in [6.07, 6.45) is 6.59. The summed E-state index contributed by atoms with van der Waals surface area (Å²) < 4.78 is 16.2. The molecule has 0 unspecified atom stereocenters. The van der Waals surface area contributed by atoms with Crippen molar-refractivity contribution in [1.29, 1.82) is 0 Å². The van der Waals surface area contributed by atoms with Crippen LogP contribution in [0.4, 0.5) is 4.39 Å². The predicted molar refractivity (Wildman–Crippen MR) is 125 cm³/mol. The van der Waals surface area contributed by atoms with Crippen LogP contribution in [0.2, 0.25) is 0 Å². The number of amides is 1. The number of rotatable bonds is 7. The van der Waals surface area contributed by atoms with Gasteiger partial charge in [0.1, 0.15) is 5.82 Å². The summed E-state index contributed by atoms with van der Waals surface area (Å²) in [5.41, 5.74) is 5.64. The van der Waals surface area contributed by atoms with Crippen molar-refractivity contribution in [3.63, 3.8) is 0 Å². The zero-order valence-corrected chi connectivity index (χ0v) is 19.5. The second-order valence-electron chi connectivity index (χ2n) is 9.52. The number of aromatic nitrogens is 3. The maximum atomic E-state index is 14.3. The van der Waals surface area contributed by atoms with Crippen LogP contribution in [-0.2, 0) is 17.8 Å². The molecular formula is C26H32FN5O. The molecule has 3 aromatic rings. The molecule has 2 fully saturated rings. The van der Waals surface area contributed by atoms with E-state index in [4.69, 9.17) is 10.1 Å². The van der Waals surface area contributed by atoms with E-state index in [2.05, 4.69) is 23.2 Å². The number of fused-ring (bicyclic) bond motifs is 1. The average molecular weight is 450 g/mol. The average Bonchev–Trinajstić information content (AvgIpc) is 3.51. The lowest BCUT2D eigenvalue weighted by atomic mass is 9.98. The molecule has 1 saturated carbocycles. The molecule has 1 N–H and O–H groups in total. The molecule has 0 radical (unpaired) electrons. The number of carbonyl (C=O) groups is 1. The van der Waals surface area contributed by atoms with E-state index in [0.717, 1.165) is 72.5 Å². The third kappa shape index (κ3) is 4.78. The van der Waals surface area contributed by atoms with Crippen molar-refractivity contribution in [2.45, 2.75) is 77.4 Å². The molecule has 174 valence electrons. The van der Waals surface area contributed by atoms with Gasteiger partial charge in [0.2, 0.25) is 5.91 Å². The summed E-state index contributed by atoms with van der Waals surface area (Å²) in [4.78, 5) is 19.3.